The maximum absolute atomic E-state index is 13.0. The molecule has 10 heteroatoms. The molecule has 0 saturated carbocycles. The third-order valence-electron chi connectivity index (χ3n) is 4.81. The molecule has 2 aromatic heterocycles. The van der Waals surface area contributed by atoms with Gasteiger partial charge in [0.15, 0.2) is 5.82 Å². The van der Waals surface area contributed by atoms with Gasteiger partial charge in [-0.05, 0) is 27.1 Å². The summed E-state index contributed by atoms with van der Waals surface area (Å²) in [6, 6.07) is 19.1. The lowest BCUT2D eigenvalue weighted by atomic mass is 9.90. The number of nitrogens with zero attached hydrogens (tertiary/aromatic N) is 4. The fourth-order valence-electron chi connectivity index (χ4n) is 3.31. The van der Waals surface area contributed by atoms with Gasteiger partial charge in [-0.15, -0.1) is 0 Å². The molecule has 2 amide bonds. The monoisotopic (exact) mass is 508 g/mol. The van der Waals surface area contributed by atoms with Crippen molar-refractivity contribution in [3.63, 3.8) is 0 Å². The van der Waals surface area contributed by atoms with Crippen LogP contribution in [0.15, 0.2) is 82.1 Å². The van der Waals surface area contributed by atoms with Crippen LogP contribution in [0, 0.1) is 0 Å². The van der Waals surface area contributed by atoms with Gasteiger partial charge in [-0.2, -0.15) is 10.1 Å². The van der Waals surface area contributed by atoms with Crippen LogP contribution in [-0.2, 0) is 11.3 Å². The molecule has 4 rings (SSSR count). The minimum absolute atomic E-state index is 0.144. The number of carbonyl (C=O) groups is 2. The summed E-state index contributed by atoms with van der Waals surface area (Å²) < 4.78 is 7.46. The Kier molecular flexibility index (Phi) is 7.26. The van der Waals surface area contributed by atoms with E-state index in [1.54, 1.807) is 17.1 Å². The summed E-state index contributed by atoms with van der Waals surface area (Å²) >= 11 is 3.31. The predicted octanol–water partition coefficient (Wildman–Crippen LogP) is 2.76. The summed E-state index contributed by atoms with van der Waals surface area (Å²) in [5, 5.41) is 13.5. The van der Waals surface area contributed by atoms with Gasteiger partial charge in [0.25, 0.3) is 0 Å². The maximum Gasteiger partial charge on any atom is 0.316 e. The van der Waals surface area contributed by atoms with Gasteiger partial charge in [0.05, 0.1) is 16.6 Å². The molecular formula is C23H21BrN6O3. The molecule has 0 spiro atoms. The van der Waals surface area contributed by atoms with Crippen molar-refractivity contribution in [1.82, 2.24) is 30.6 Å². The molecule has 0 aliphatic carbocycles. The predicted molar refractivity (Wildman–Crippen MR) is 123 cm³/mol. The van der Waals surface area contributed by atoms with Gasteiger partial charge in [0.1, 0.15) is 6.54 Å². The van der Waals surface area contributed by atoms with Crippen molar-refractivity contribution in [2.24, 2.45) is 0 Å². The lowest BCUT2D eigenvalue weighted by Crippen LogP contribution is -2.37. The Bertz CT molecular complexity index is 1170. The van der Waals surface area contributed by atoms with Crippen molar-refractivity contribution in [1.29, 1.82) is 0 Å². The van der Waals surface area contributed by atoms with Gasteiger partial charge < -0.3 is 15.2 Å². The molecule has 9 nitrogen and oxygen atoms in total. The molecule has 0 atom stereocenters. The summed E-state index contributed by atoms with van der Waals surface area (Å²) in [5.41, 5.74) is 1.79. The van der Waals surface area contributed by atoms with Gasteiger partial charge in [-0.1, -0.05) is 65.8 Å². The Morgan fingerprint density at radius 2 is 1.61 bits per heavy atom. The van der Waals surface area contributed by atoms with E-state index >= 15 is 0 Å². The molecule has 0 bridgehead atoms. The van der Waals surface area contributed by atoms with E-state index in [-0.39, 0.29) is 31.4 Å². The highest BCUT2D eigenvalue weighted by molar-refractivity contribution is 9.10. The van der Waals surface area contributed by atoms with Crippen LogP contribution in [0.4, 0.5) is 0 Å². The summed E-state index contributed by atoms with van der Waals surface area (Å²) in [5.74, 6) is -0.907. The molecule has 0 aliphatic rings. The zero-order chi connectivity index (χ0) is 23.0. The van der Waals surface area contributed by atoms with Crippen molar-refractivity contribution < 1.29 is 14.1 Å². The molecule has 0 radical (unpaired) electrons. The number of aromatic nitrogens is 4. The van der Waals surface area contributed by atoms with E-state index in [0.29, 0.717) is 5.82 Å². The topological polar surface area (TPSA) is 115 Å². The first kappa shape index (κ1) is 22.4. The highest BCUT2D eigenvalue weighted by Crippen LogP contribution is 2.24. The van der Waals surface area contributed by atoms with Crippen LogP contribution in [0.3, 0.4) is 0 Å². The van der Waals surface area contributed by atoms with Crippen molar-refractivity contribution in [3.05, 3.63) is 100 Å². The third-order valence-corrected chi connectivity index (χ3v) is 5.21. The van der Waals surface area contributed by atoms with Crippen molar-refractivity contribution in [3.8, 4) is 0 Å². The molecule has 0 fully saturated rings. The number of hydrogen-bond acceptors (Lipinski definition) is 6. The third kappa shape index (κ3) is 5.92. The summed E-state index contributed by atoms with van der Waals surface area (Å²) in [6.45, 7) is 0.743. The standard InChI is InChI=1S/C23H21BrN6O3/c24-18-13-27-30(14-18)15-19-28-23(33-29-19)22(32)26-12-11-25-21(31)20(16-7-3-1-4-8-16)17-9-5-2-6-10-17/h1-10,13-14,20H,11-12,15H2,(H,25,31)(H,26,32). The Labute approximate surface area is 198 Å². The minimum atomic E-state index is -0.507. The molecule has 2 heterocycles. The fourth-order valence-corrected chi connectivity index (χ4v) is 3.63. The van der Waals surface area contributed by atoms with E-state index in [1.165, 1.54) is 0 Å². The SMILES string of the molecule is O=C(NCCNC(=O)C(c1ccccc1)c1ccccc1)c1nc(Cn2cc(Br)cn2)no1. The number of amides is 2. The van der Waals surface area contributed by atoms with Crippen LogP contribution in [0.1, 0.15) is 33.6 Å². The van der Waals surface area contributed by atoms with Crippen molar-refractivity contribution >= 4 is 27.7 Å². The molecule has 168 valence electrons. The van der Waals surface area contributed by atoms with Crippen LogP contribution < -0.4 is 10.6 Å². The average molecular weight is 509 g/mol. The van der Waals surface area contributed by atoms with Gasteiger partial charge >= 0.3 is 11.8 Å². The Balaban J connectivity index is 1.29. The van der Waals surface area contributed by atoms with Crippen LogP contribution in [0.25, 0.3) is 0 Å². The van der Waals surface area contributed by atoms with Crippen LogP contribution in [-0.4, -0.2) is 44.8 Å². The summed E-state index contributed by atoms with van der Waals surface area (Å²) in [6.07, 6.45) is 3.40. The first-order valence-corrected chi connectivity index (χ1v) is 11.1. The average Bonchev–Trinajstić information content (AvgIpc) is 3.47. The van der Waals surface area contributed by atoms with E-state index in [2.05, 4.69) is 41.8 Å². The van der Waals surface area contributed by atoms with E-state index in [0.717, 1.165) is 15.6 Å². The lowest BCUT2D eigenvalue weighted by molar-refractivity contribution is -0.121. The summed E-state index contributed by atoms with van der Waals surface area (Å²) in [4.78, 5) is 29.3. The van der Waals surface area contributed by atoms with Crippen molar-refractivity contribution in [2.75, 3.05) is 13.1 Å². The van der Waals surface area contributed by atoms with Gasteiger partial charge in [-0.25, -0.2) is 0 Å². The first-order chi connectivity index (χ1) is 16.1. The van der Waals surface area contributed by atoms with E-state index in [9.17, 15) is 9.59 Å². The van der Waals surface area contributed by atoms with Crippen LogP contribution >= 0.6 is 15.9 Å². The van der Waals surface area contributed by atoms with E-state index in [1.807, 2.05) is 60.7 Å². The first-order valence-electron chi connectivity index (χ1n) is 10.3. The smallest absolute Gasteiger partial charge is 0.316 e. The quantitative estimate of drug-likeness (QED) is 0.336. The molecule has 4 aromatic rings. The Morgan fingerprint density at radius 1 is 0.970 bits per heavy atom. The highest BCUT2D eigenvalue weighted by atomic mass is 79.9. The second-order valence-electron chi connectivity index (χ2n) is 7.17. The molecule has 33 heavy (non-hydrogen) atoms. The van der Waals surface area contributed by atoms with Gasteiger partial charge in [0, 0.05) is 19.3 Å². The number of rotatable bonds is 9. The molecule has 2 N–H and O–H groups in total. The Morgan fingerprint density at radius 3 is 2.21 bits per heavy atom. The normalized spacial score (nSPS) is 10.8. The largest absolute Gasteiger partial charge is 0.354 e. The number of halogens is 1. The second kappa shape index (κ2) is 10.7. The number of benzene rings is 2. The molecule has 0 unspecified atom stereocenters. The highest BCUT2D eigenvalue weighted by Gasteiger charge is 2.22. The number of hydrogen-bond donors (Lipinski definition) is 2. The van der Waals surface area contributed by atoms with Crippen molar-refractivity contribution in [2.45, 2.75) is 12.5 Å². The molecular weight excluding hydrogens is 488 g/mol. The Hall–Kier alpha value is -3.79. The molecule has 0 saturated heterocycles. The minimum Gasteiger partial charge on any atom is -0.354 e. The van der Waals surface area contributed by atoms with Gasteiger partial charge in [-0.3, -0.25) is 14.3 Å². The number of carbonyl (C=O) groups excluding carboxylic acids is 2. The van der Waals surface area contributed by atoms with E-state index in [4.69, 9.17) is 4.52 Å². The lowest BCUT2D eigenvalue weighted by Gasteiger charge is -2.18. The van der Waals surface area contributed by atoms with E-state index < -0.39 is 11.8 Å². The van der Waals surface area contributed by atoms with Crippen LogP contribution in [0.5, 0.6) is 0 Å². The van der Waals surface area contributed by atoms with Gasteiger partial charge in [0.2, 0.25) is 5.91 Å². The van der Waals surface area contributed by atoms with Crippen LogP contribution in [0.2, 0.25) is 0 Å². The number of nitrogens with one attached hydrogen (secondary N) is 2. The zero-order valence-corrected chi connectivity index (χ0v) is 19.1. The zero-order valence-electron chi connectivity index (χ0n) is 17.5. The second-order valence-corrected chi connectivity index (χ2v) is 8.09. The summed E-state index contributed by atoms with van der Waals surface area (Å²) in [7, 11) is 0. The molecule has 0 aliphatic heterocycles. The maximum atomic E-state index is 13.0. The fraction of sp³-hybridized carbons (Fsp3) is 0.174. The molecule has 2 aromatic carbocycles.